The van der Waals surface area contributed by atoms with Crippen molar-refractivity contribution < 1.29 is 23.1 Å². The number of ether oxygens (including phenoxy) is 1. The largest absolute Gasteiger partial charge is 0.496 e. The predicted molar refractivity (Wildman–Crippen MR) is 79.8 cm³/mol. The number of hydrogen-bond donors (Lipinski definition) is 2. The van der Waals surface area contributed by atoms with Gasteiger partial charge in [-0.3, -0.25) is 4.79 Å². The Bertz CT molecular complexity index is 570. The van der Waals surface area contributed by atoms with Gasteiger partial charge in [0.25, 0.3) is 0 Å². The lowest BCUT2D eigenvalue weighted by Crippen LogP contribution is -2.30. The zero-order chi connectivity index (χ0) is 15.9. The topological polar surface area (TPSA) is 92.7 Å². The summed E-state index contributed by atoms with van der Waals surface area (Å²) in [7, 11) is -2.00. The average Bonchev–Trinajstić information content (AvgIpc) is 2.44. The summed E-state index contributed by atoms with van der Waals surface area (Å²) in [5.41, 5.74) is 0.768. The third kappa shape index (κ3) is 5.73. The lowest BCUT2D eigenvalue weighted by molar-refractivity contribution is -0.137. The zero-order valence-electron chi connectivity index (χ0n) is 12.2. The van der Waals surface area contributed by atoms with Gasteiger partial charge in [0.15, 0.2) is 0 Å². The van der Waals surface area contributed by atoms with Crippen LogP contribution in [0.15, 0.2) is 24.3 Å². The van der Waals surface area contributed by atoms with E-state index in [2.05, 4.69) is 4.72 Å². The molecular weight excluding hydrogens is 294 g/mol. The van der Waals surface area contributed by atoms with E-state index in [-0.39, 0.29) is 18.6 Å². The summed E-state index contributed by atoms with van der Waals surface area (Å²) in [6.45, 7) is 1.87. The van der Waals surface area contributed by atoms with E-state index in [0.717, 1.165) is 5.56 Å². The van der Waals surface area contributed by atoms with Crippen LogP contribution in [-0.2, 0) is 14.8 Å². The number of carbonyl (C=O) groups is 1. The molecule has 0 aliphatic heterocycles. The first-order valence-electron chi connectivity index (χ1n) is 6.74. The maximum absolute atomic E-state index is 12.0. The third-order valence-corrected chi connectivity index (χ3v) is 4.52. The fourth-order valence-electron chi connectivity index (χ4n) is 2.01. The van der Waals surface area contributed by atoms with E-state index >= 15 is 0 Å². The highest BCUT2D eigenvalue weighted by atomic mass is 32.2. The first-order valence-corrected chi connectivity index (χ1v) is 8.39. The molecule has 0 radical (unpaired) electrons. The number of nitrogens with one attached hydrogen (secondary N) is 1. The summed E-state index contributed by atoms with van der Waals surface area (Å²) in [6, 6.07) is 6.83. The quantitative estimate of drug-likeness (QED) is 0.726. The van der Waals surface area contributed by atoms with Crippen molar-refractivity contribution in [2.45, 2.75) is 32.2 Å². The van der Waals surface area contributed by atoms with Crippen LogP contribution in [0.3, 0.4) is 0 Å². The highest BCUT2D eigenvalue weighted by molar-refractivity contribution is 7.89. The minimum Gasteiger partial charge on any atom is -0.496 e. The molecule has 1 atom stereocenters. The van der Waals surface area contributed by atoms with Crippen LogP contribution in [0.1, 0.15) is 37.8 Å². The van der Waals surface area contributed by atoms with Gasteiger partial charge in [0, 0.05) is 12.0 Å². The van der Waals surface area contributed by atoms with Crippen LogP contribution in [0.5, 0.6) is 5.75 Å². The van der Waals surface area contributed by atoms with Crippen molar-refractivity contribution in [3.8, 4) is 5.75 Å². The van der Waals surface area contributed by atoms with Crippen molar-refractivity contribution in [1.82, 2.24) is 4.72 Å². The maximum Gasteiger partial charge on any atom is 0.303 e. The summed E-state index contributed by atoms with van der Waals surface area (Å²) in [6.07, 6.45) is 0.498. The smallest absolute Gasteiger partial charge is 0.303 e. The molecule has 1 aromatic rings. The Morgan fingerprint density at radius 1 is 1.38 bits per heavy atom. The molecule has 0 aliphatic carbocycles. The molecule has 1 rings (SSSR count). The molecule has 0 saturated heterocycles. The van der Waals surface area contributed by atoms with Gasteiger partial charge >= 0.3 is 5.97 Å². The predicted octanol–water partition coefficient (Wildman–Crippen LogP) is 1.93. The van der Waals surface area contributed by atoms with E-state index in [1.165, 1.54) is 7.11 Å². The van der Waals surface area contributed by atoms with Gasteiger partial charge in [0.05, 0.1) is 18.9 Å². The summed E-state index contributed by atoms with van der Waals surface area (Å²) in [4.78, 5) is 10.4. The molecule has 6 nitrogen and oxygen atoms in total. The van der Waals surface area contributed by atoms with E-state index in [0.29, 0.717) is 12.2 Å². The number of benzene rings is 1. The van der Waals surface area contributed by atoms with Crippen molar-refractivity contribution >= 4 is 16.0 Å². The van der Waals surface area contributed by atoms with Crippen molar-refractivity contribution in [2.24, 2.45) is 0 Å². The molecular formula is C14H21NO5S. The maximum atomic E-state index is 12.0. The Kier molecular flexibility index (Phi) is 6.64. The zero-order valence-corrected chi connectivity index (χ0v) is 13.0. The summed E-state index contributed by atoms with van der Waals surface area (Å²) >= 11 is 0. The second-order valence-corrected chi connectivity index (χ2v) is 6.51. The van der Waals surface area contributed by atoms with Crippen molar-refractivity contribution in [3.63, 3.8) is 0 Å². The van der Waals surface area contributed by atoms with Crippen LogP contribution in [0, 0.1) is 0 Å². The lowest BCUT2D eigenvalue weighted by Gasteiger charge is -2.19. The molecule has 0 fully saturated rings. The Morgan fingerprint density at radius 2 is 2.05 bits per heavy atom. The van der Waals surface area contributed by atoms with Gasteiger partial charge in [-0.2, -0.15) is 0 Å². The van der Waals surface area contributed by atoms with Crippen LogP contribution in [-0.4, -0.2) is 32.4 Å². The second-order valence-electron chi connectivity index (χ2n) is 4.64. The number of sulfonamides is 1. The van der Waals surface area contributed by atoms with Crippen LogP contribution in [0.25, 0.3) is 0 Å². The van der Waals surface area contributed by atoms with Crippen molar-refractivity contribution in [1.29, 1.82) is 0 Å². The van der Waals surface area contributed by atoms with E-state index in [9.17, 15) is 13.2 Å². The minimum atomic E-state index is -3.53. The van der Waals surface area contributed by atoms with Gasteiger partial charge in [-0.05, 0) is 18.9 Å². The monoisotopic (exact) mass is 315 g/mol. The molecule has 0 saturated carbocycles. The number of para-hydroxylation sites is 1. The molecule has 7 heteroatoms. The molecule has 118 valence electrons. The van der Waals surface area contributed by atoms with Crippen LogP contribution in [0.2, 0.25) is 0 Å². The molecule has 0 spiro atoms. The molecule has 0 heterocycles. The van der Waals surface area contributed by atoms with Crippen LogP contribution < -0.4 is 9.46 Å². The Balaban J connectivity index is 2.79. The van der Waals surface area contributed by atoms with Gasteiger partial charge in [-0.15, -0.1) is 0 Å². The van der Waals surface area contributed by atoms with Gasteiger partial charge in [0.1, 0.15) is 5.75 Å². The van der Waals surface area contributed by atoms with Gasteiger partial charge in [-0.25, -0.2) is 13.1 Å². The summed E-state index contributed by atoms with van der Waals surface area (Å²) in [5, 5.41) is 8.55. The highest BCUT2D eigenvalue weighted by Gasteiger charge is 2.20. The number of hydrogen-bond acceptors (Lipinski definition) is 4. The number of aliphatic carboxylic acids is 1. The number of methoxy groups -OCH3 is 1. The lowest BCUT2D eigenvalue weighted by atomic mass is 10.0. The molecule has 0 aliphatic rings. The minimum absolute atomic E-state index is 0.0903. The normalized spacial score (nSPS) is 12.9. The SMILES string of the molecule is CCC(NS(=O)(=O)CCCC(=O)O)c1ccccc1OC. The van der Waals surface area contributed by atoms with Crippen molar-refractivity contribution in [2.75, 3.05) is 12.9 Å². The van der Waals surface area contributed by atoms with Gasteiger partial charge < -0.3 is 9.84 Å². The fourth-order valence-corrected chi connectivity index (χ4v) is 3.38. The summed E-state index contributed by atoms with van der Waals surface area (Å²) in [5.74, 6) is -0.579. The number of carboxylic acids is 1. The van der Waals surface area contributed by atoms with Crippen molar-refractivity contribution in [3.05, 3.63) is 29.8 Å². The molecule has 1 unspecified atom stereocenters. The third-order valence-electron chi connectivity index (χ3n) is 3.05. The first-order chi connectivity index (χ1) is 9.89. The van der Waals surface area contributed by atoms with Gasteiger partial charge in [0.2, 0.25) is 10.0 Å². The average molecular weight is 315 g/mol. The molecule has 0 bridgehead atoms. The Morgan fingerprint density at radius 3 is 2.62 bits per heavy atom. The molecule has 1 aromatic carbocycles. The summed E-state index contributed by atoms with van der Waals surface area (Å²) < 4.78 is 31.9. The molecule has 21 heavy (non-hydrogen) atoms. The molecule has 0 aromatic heterocycles. The second kappa shape index (κ2) is 7.99. The fraction of sp³-hybridized carbons (Fsp3) is 0.500. The van der Waals surface area contributed by atoms with Gasteiger partial charge in [-0.1, -0.05) is 25.1 Å². The number of carboxylic acid groups (broad SMARTS) is 1. The van der Waals surface area contributed by atoms with Crippen LogP contribution >= 0.6 is 0 Å². The van der Waals surface area contributed by atoms with E-state index in [4.69, 9.17) is 9.84 Å². The molecule has 0 amide bonds. The highest BCUT2D eigenvalue weighted by Crippen LogP contribution is 2.27. The van der Waals surface area contributed by atoms with Crippen LogP contribution in [0.4, 0.5) is 0 Å². The first kappa shape index (κ1) is 17.5. The van der Waals surface area contributed by atoms with E-state index < -0.39 is 22.0 Å². The Labute approximate surface area is 125 Å². The Hall–Kier alpha value is -1.60. The number of rotatable bonds is 9. The van der Waals surface area contributed by atoms with E-state index in [1.807, 2.05) is 25.1 Å². The standard InChI is InChI=1S/C14H21NO5S/c1-3-12(11-7-4-5-8-13(11)20-2)15-21(18,19)10-6-9-14(16)17/h4-5,7-8,12,15H,3,6,9-10H2,1-2H3,(H,16,17). The molecule has 2 N–H and O–H groups in total. The van der Waals surface area contributed by atoms with E-state index in [1.54, 1.807) is 6.07 Å².